The molecule has 0 radical (unpaired) electrons. The number of hydrogen-bond donors (Lipinski definition) is 0. The number of nitrogens with zero attached hydrogens (tertiary/aromatic N) is 2. The molecule has 142 valence electrons. The van der Waals surface area contributed by atoms with Gasteiger partial charge in [0.05, 0.1) is 0 Å². The number of carbonyl (C=O) groups is 1. The molecule has 4 atom stereocenters. The Labute approximate surface area is 157 Å². The fourth-order valence-corrected chi connectivity index (χ4v) is 5.98. The van der Waals surface area contributed by atoms with Gasteiger partial charge in [0, 0.05) is 30.1 Å². The molecule has 0 N–H and O–H groups in total. The lowest BCUT2D eigenvalue weighted by Gasteiger charge is -2.46. The van der Waals surface area contributed by atoms with Gasteiger partial charge in [-0.05, 0) is 51.3 Å². The maximum absolute atomic E-state index is 13.2. The summed E-state index contributed by atoms with van der Waals surface area (Å²) in [4.78, 5) is 17.9. The number of fused-ring (bicyclic) bond motifs is 1. The van der Waals surface area contributed by atoms with Crippen molar-refractivity contribution in [2.24, 2.45) is 5.41 Å². The third-order valence-corrected chi connectivity index (χ3v) is 7.32. The van der Waals surface area contributed by atoms with E-state index in [2.05, 4.69) is 23.8 Å². The summed E-state index contributed by atoms with van der Waals surface area (Å²) in [5, 5.41) is 0. The molecule has 1 aliphatic carbocycles. The second kappa shape index (κ2) is 6.56. The van der Waals surface area contributed by atoms with Crippen LogP contribution in [0.15, 0.2) is 18.2 Å². The molecule has 0 spiro atoms. The molecule has 2 bridgehead atoms. The number of carbonyl (C=O) groups excluding carboxylic acids is 1. The van der Waals surface area contributed by atoms with Gasteiger partial charge in [-0.15, -0.1) is 0 Å². The molecule has 26 heavy (non-hydrogen) atoms. The van der Waals surface area contributed by atoms with Crippen molar-refractivity contribution in [1.29, 1.82) is 0 Å². The van der Waals surface area contributed by atoms with Gasteiger partial charge < -0.3 is 9.64 Å². The first-order chi connectivity index (χ1) is 12.4. The molecule has 1 aromatic rings. The van der Waals surface area contributed by atoms with Gasteiger partial charge >= 0.3 is 0 Å². The molecule has 0 unspecified atom stereocenters. The molecule has 2 heterocycles. The highest BCUT2D eigenvalue weighted by molar-refractivity contribution is 5.78. The molecule has 4 heteroatoms. The second-order valence-electron chi connectivity index (χ2n) is 8.90. The van der Waals surface area contributed by atoms with E-state index in [-0.39, 0.29) is 17.9 Å². The van der Waals surface area contributed by atoms with Crippen molar-refractivity contribution in [2.45, 2.75) is 71.0 Å². The van der Waals surface area contributed by atoms with Crippen LogP contribution in [-0.2, 0) is 4.79 Å². The maximum atomic E-state index is 13.2. The van der Waals surface area contributed by atoms with Crippen molar-refractivity contribution in [1.82, 2.24) is 9.80 Å². The predicted octanol–water partition coefficient (Wildman–Crippen LogP) is 3.55. The van der Waals surface area contributed by atoms with Crippen molar-refractivity contribution in [3.63, 3.8) is 0 Å². The molecule has 1 aromatic carbocycles. The molecule has 3 aliphatic rings. The molecular formula is C22H32N2O2. The van der Waals surface area contributed by atoms with Crippen LogP contribution in [0.1, 0.15) is 50.2 Å². The van der Waals surface area contributed by atoms with Crippen molar-refractivity contribution in [3.05, 3.63) is 29.3 Å². The van der Waals surface area contributed by atoms with Crippen LogP contribution in [0.4, 0.5) is 0 Å². The number of aryl methyl sites for hydroxylation is 2. The number of hydrogen-bond acceptors (Lipinski definition) is 3. The number of benzene rings is 1. The van der Waals surface area contributed by atoms with E-state index in [1.807, 2.05) is 32.0 Å². The fraction of sp³-hybridized carbons (Fsp3) is 0.682. The number of ether oxygens (including phenoxy) is 1. The number of likely N-dealkylation sites (tertiary alicyclic amines) is 2. The summed E-state index contributed by atoms with van der Waals surface area (Å²) in [6.07, 6.45) is 6.18. The largest absolute Gasteiger partial charge is 0.483 e. The van der Waals surface area contributed by atoms with Crippen LogP contribution < -0.4 is 4.74 Å². The Hall–Kier alpha value is -1.55. The van der Waals surface area contributed by atoms with E-state index >= 15 is 0 Å². The molecular weight excluding hydrogens is 324 g/mol. The van der Waals surface area contributed by atoms with Crippen molar-refractivity contribution < 1.29 is 9.53 Å². The van der Waals surface area contributed by atoms with Crippen LogP contribution in [0.5, 0.6) is 5.75 Å². The number of para-hydroxylation sites is 1. The molecule has 3 fully saturated rings. The summed E-state index contributed by atoms with van der Waals surface area (Å²) in [5.41, 5.74) is 2.43. The average Bonchev–Trinajstić information content (AvgIpc) is 2.72. The maximum Gasteiger partial charge on any atom is 0.260 e. The van der Waals surface area contributed by atoms with Gasteiger partial charge in [0.25, 0.3) is 5.91 Å². The lowest BCUT2D eigenvalue weighted by atomic mass is 9.71. The average molecular weight is 357 g/mol. The van der Waals surface area contributed by atoms with Crippen LogP contribution >= 0.6 is 0 Å². The van der Waals surface area contributed by atoms with Crippen LogP contribution in [-0.4, -0.2) is 54.0 Å². The van der Waals surface area contributed by atoms with Crippen LogP contribution in [0.3, 0.4) is 0 Å². The van der Waals surface area contributed by atoms with E-state index in [4.69, 9.17) is 4.74 Å². The fourth-order valence-electron chi connectivity index (χ4n) is 5.98. The van der Waals surface area contributed by atoms with Crippen molar-refractivity contribution in [2.75, 3.05) is 20.2 Å². The number of rotatable bonds is 3. The van der Waals surface area contributed by atoms with Gasteiger partial charge in [-0.1, -0.05) is 38.0 Å². The lowest BCUT2D eigenvalue weighted by molar-refractivity contribution is -0.141. The first-order valence-electron chi connectivity index (χ1n) is 10.1. The van der Waals surface area contributed by atoms with E-state index in [1.54, 1.807) is 0 Å². The Morgan fingerprint density at radius 1 is 1.19 bits per heavy atom. The van der Waals surface area contributed by atoms with E-state index in [0.717, 1.165) is 29.8 Å². The summed E-state index contributed by atoms with van der Waals surface area (Å²) in [7, 11) is 2.27. The molecule has 2 aliphatic heterocycles. The van der Waals surface area contributed by atoms with Gasteiger partial charge in [0.15, 0.2) is 6.61 Å². The zero-order valence-corrected chi connectivity index (χ0v) is 16.6. The Bertz CT molecular complexity index is 683. The van der Waals surface area contributed by atoms with E-state index < -0.39 is 0 Å². The van der Waals surface area contributed by atoms with E-state index in [9.17, 15) is 4.79 Å². The monoisotopic (exact) mass is 356 g/mol. The highest BCUT2D eigenvalue weighted by Crippen LogP contribution is 2.52. The predicted molar refractivity (Wildman–Crippen MR) is 103 cm³/mol. The topological polar surface area (TPSA) is 32.8 Å². The third kappa shape index (κ3) is 2.74. The minimum atomic E-state index is 0.152. The third-order valence-electron chi connectivity index (χ3n) is 7.32. The molecule has 0 aromatic heterocycles. The van der Waals surface area contributed by atoms with E-state index in [0.29, 0.717) is 18.1 Å². The molecule has 1 saturated carbocycles. The summed E-state index contributed by atoms with van der Waals surface area (Å²) in [5.74, 6) is 1.02. The Morgan fingerprint density at radius 3 is 2.54 bits per heavy atom. The van der Waals surface area contributed by atoms with Crippen LogP contribution in [0.25, 0.3) is 0 Å². The van der Waals surface area contributed by atoms with Gasteiger partial charge in [0.1, 0.15) is 5.75 Å². The summed E-state index contributed by atoms with van der Waals surface area (Å²) in [6, 6.07) is 7.61. The summed E-state index contributed by atoms with van der Waals surface area (Å²) < 4.78 is 6.00. The molecule has 2 saturated heterocycles. The zero-order chi connectivity index (χ0) is 18.5. The Balaban J connectivity index is 1.53. The van der Waals surface area contributed by atoms with Crippen LogP contribution in [0, 0.1) is 19.3 Å². The SMILES string of the molecule is Cc1cccc(C)c1OCC(=O)N1C[C@@H]2C[C@@]3(C)[C@H](CCCC[C@@H]13)N2C. The van der Waals surface area contributed by atoms with Crippen molar-refractivity contribution >= 4 is 5.91 Å². The van der Waals surface area contributed by atoms with Gasteiger partial charge in [-0.3, -0.25) is 9.69 Å². The van der Waals surface area contributed by atoms with Gasteiger partial charge in [0.2, 0.25) is 0 Å². The first kappa shape index (κ1) is 17.8. The normalized spacial score (nSPS) is 33.8. The first-order valence-corrected chi connectivity index (χ1v) is 10.1. The molecule has 4 nitrogen and oxygen atoms in total. The van der Waals surface area contributed by atoms with Crippen LogP contribution in [0.2, 0.25) is 0 Å². The van der Waals surface area contributed by atoms with Gasteiger partial charge in [-0.2, -0.15) is 0 Å². The minimum absolute atomic E-state index is 0.152. The minimum Gasteiger partial charge on any atom is -0.483 e. The summed E-state index contributed by atoms with van der Waals surface area (Å²) >= 11 is 0. The Morgan fingerprint density at radius 2 is 1.85 bits per heavy atom. The highest BCUT2D eigenvalue weighted by Gasteiger charge is 2.58. The number of piperidine rings is 1. The Kier molecular flexibility index (Phi) is 4.50. The highest BCUT2D eigenvalue weighted by atomic mass is 16.5. The number of likely N-dealkylation sites (N-methyl/N-ethyl adjacent to an activating group) is 1. The number of amides is 1. The second-order valence-corrected chi connectivity index (χ2v) is 8.90. The lowest BCUT2D eigenvalue weighted by Crippen LogP contribution is -2.56. The van der Waals surface area contributed by atoms with Crippen molar-refractivity contribution in [3.8, 4) is 5.75 Å². The smallest absolute Gasteiger partial charge is 0.260 e. The molecule has 4 rings (SSSR count). The van der Waals surface area contributed by atoms with Gasteiger partial charge in [-0.25, -0.2) is 0 Å². The quantitative estimate of drug-likeness (QED) is 0.830. The van der Waals surface area contributed by atoms with E-state index in [1.165, 1.54) is 25.7 Å². The zero-order valence-electron chi connectivity index (χ0n) is 16.6. The summed E-state index contributed by atoms with van der Waals surface area (Å²) in [6.45, 7) is 7.52. The standard InChI is InChI=1S/C22H32N2O2/c1-15-8-7-9-16(2)21(15)26-14-20(25)24-13-17-12-22(3)18(23(17)4)10-5-6-11-19(22)24/h7-9,17-19H,5-6,10-14H2,1-4H3/t17-,18-,19+,22-/m0/s1. The molecule has 1 amide bonds.